The first-order valence-corrected chi connectivity index (χ1v) is 7.53. The quantitative estimate of drug-likeness (QED) is 0.745. The van der Waals surface area contributed by atoms with E-state index in [1.807, 2.05) is 11.8 Å². The van der Waals surface area contributed by atoms with Gasteiger partial charge in [0.05, 0.1) is 0 Å². The largest absolute Gasteiger partial charge is 0.363 e. The molecule has 4 heteroatoms. The Balaban J connectivity index is 2.15. The Kier molecular flexibility index (Phi) is 6.41. The van der Waals surface area contributed by atoms with Crippen LogP contribution < -0.4 is 10.6 Å². The molecule has 0 aromatic rings. The molecule has 0 unspecified atom stereocenters. The fourth-order valence-corrected chi connectivity index (χ4v) is 2.93. The smallest absolute Gasteiger partial charge is 0.166 e. The zero-order valence-corrected chi connectivity index (χ0v) is 11.3. The van der Waals surface area contributed by atoms with Crippen molar-refractivity contribution in [3.63, 3.8) is 0 Å². The van der Waals surface area contributed by atoms with Crippen molar-refractivity contribution >= 4 is 29.1 Å². The molecule has 0 aromatic carbocycles. The third-order valence-electron chi connectivity index (χ3n) is 2.88. The van der Waals surface area contributed by atoms with Crippen LogP contribution in [0.2, 0.25) is 0 Å². The van der Waals surface area contributed by atoms with Gasteiger partial charge in [-0.05, 0) is 50.6 Å². The van der Waals surface area contributed by atoms with Crippen molar-refractivity contribution in [2.24, 2.45) is 0 Å². The summed E-state index contributed by atoms with van der Waals surface area (Å²) in [4.78, 5) is 0. The Morgan fingerprint density at radius 3 is 2.53 bits per heavy atom. The maximum atomic E-state index is 5.23. The molecular formula is C11H22N2S2. The number of thioether (sulfide) groups is 1. The SMILES string of the molecule is CCCNC(=S)NC1CCC(SC)CC1. The number of thiocarbonyl (C=S) groups is 1. The van der Waals surface area contributed by atoms with Gasteiger partial charge < -0.3 is 10.6 Å². The van der Waals surface area contributed by atoms with Gasteiger partial charge in [0.15, 0.2) is 5.11 Å². The minimum Gasteiger partial charge on any atom is -0.363 e. The van der Waals surface area contributed by atoms with Crippen LogP contribution in [0.5, 0.6) is 0 Å². The van der Waals surface area contributed by atoms with Crippen LogP contribution >= 0.6 is 24.0 Å². The van der Waals surface area contributed by atoms with Crippen molar-refractivity contribution in [3.05, 3.63) is 0 Å². The van der Waals surface area contributed by atoms with Crippen molar-refractivity contribution in [3.8, 4) is 0 Å². The van der Waals surface area contributed by atoms with Gasteiger partial charge >= 0.3 is 0 Å². The molecule has 15 heavy (non-hydrogen) atoms. The lowest BCUT2D eigenvalue weighted by molar-refractivity contribution is 0.420. The molecule has 0 heterocycles. The summed E-state index contributed by atoms with van der Waals surface area (Å²) in [5.74, 6) is 0. The second kappa shape index (κ2) is 7.34. The van der Waals surface area contributed by atoms with Crippen LogP contribution in [0.15, 0.2) is 0 Å². The highest BCUT2D eigenvalue weighted by atomic mass is 32.2. The van der Waals surface area contributed by atoms with E-state index in [0.29, 0.717) is 6.04 Å². The number of rotatable bonds is 4. The van der Waals surface area contributed by atoms with Crippen LogP contribution in [0.25, 0.3) is 0 Å². The lowest BCUT2D eigenvalue weighted by Gasteiger charge is -2.28. The summed E-state index contributed by atoms with van der Waals surface area (Å²) in [6.45, 7) is 3.13. The first kappa shape index (κ1) is 13.1. The minimum absolute atomic E-state index is 0.602. The fraction of sp³-hybridized carbons (Fsp3) is 0.909. The van der Waals surface area contributed by atoms with Crippen LogP contribution in [-0.4, -0.2) is 29.2 Å². The van der Waals surface area contributed by atoms with E-state index >= 15 is 0 Å². The fourth-order valence-electron chi connectivity index (χ4n) is 1.92. The van der Waals surface area contributed by atoms with Crippen LogP contribution in [0.4, 0.5) is 0 Å². The summed E-state index contributed by atoms with van der Waals surface area (Å²) in [5, 5.41) is 8.34. The third kappa shape index (κ3) is 5.07. The van der Waals surface area contributed by atoms with E-state index in [9.17, 15) is 0 Å². The molecule has 0 amide bonds. The van der Waals surface area contributed by atoms with Gasteiger partial charge in [-0.2, -0.15) is 11.8 Å². The number of hydrogen-bond acceptors (Lipinski definition) is 2. The molecule has 1 fully saturated rings. The molecule has 1 aliphatic carbocycles. The molecule has 2 N–H and O–H groups in total. The van der Waals surface area contributed by atoms with Crippen molar-refractivity contribution in [1.29, 1.82) is 0 Å². The summed E-state index contributed by atoms with van der Waals surface area (Å²) >= 11 is 7.23. The third-order valence-corrected chi connectivity index (χ3v) is 4.28. The molecule has 0 bridgehead atoms. The average molecular weight is 246 g/mol. The Hall–Kier alpha value is 0.0400. The first-order chi connectivity index (χ1) is 7.26. The zero-order valence-electron chi connectivity index (χ0n) is 9.71. The number of hydrogen-bond donors (Lipinski definition) is 2. The Bertz CT molecular complexity index is 189. The van der Waals surface area contributed by atoms with Gasteiger partial charge in [-0.1, -0.05) is 6.92 Å². The Morgan fingerprint density at radius 1 is 1.33 bits per heavy atom. The molecule has 2 nitrogen and oxygen atoms in total. The predicted molar refractivity (Wildman–Crippen MR) is 73.6 cm³/mol. The molecule has 0 radical (unpaired) electrons. The summed E-state index contributed by atoms with van der Waals surface area (Å²) in [6, 6.07) is 0.602. The maximum absolute atomic E-state index is 5.23. The van der Waals surface area contributed by atoms with Gasteiger partial charge in [-0.25, -0.2) is 0 Å². The standard InChI is InChI=1S/C11H22N2S2/c1-3-8-12-11(14)13-9-4-6-10(15-2)7-5-9/h9-10H,3-8H2,1-2H3,(H2,12,13,14). The number of nitrogens with one attached hydrogen (secondary N) is 2. The highest BCUT2D eigenvalue weighted by Gasteiger charge is 2.20. The van der Waals surface area contributed by atoms with Gasteiger partial charge in [0.25, 0.3) is 0 Å². The molecule has 0 saturated heterocycles. The summed E-state index contributed by atoms with van der Waals surface area (Å²) in [5.41, 5.74) is 0. The molecule has 0 spiro atoms. The van der Waals surface area contributed by atoms with Crippen LogP contribution in [-0.2, 0) is 0 Å². The molecule has 1 saturated carbocycles. The highest BCUT2D eigenvalue weighted by molar-refractivity contribution is 7.99. The summed E-state index contributed by atoms with van der Waals surface area (Å²) in [7, 11) is 0. The van der Waals surface area contributed by atoms with E-state index in [0.717, 1.165) is 23.3 Å². The Morgan fingerprint density at radius 2 is 2.00 bits per heavy atom. The van der Waals surface area contributed by atoms with Gasteiger partial charge in [-0.3, -0.25) is 0 Å². The second-order valence-electron chi connectivity index (χ2n) is 4.11. The van der Waals surface area contributed by atoms with Crippen molar-refractivity contribution < 1.29 is 0 Å². The summed E-state index contributed by atoms with van der Waals surface area (Å²) < 4.78 is 0. The molecule has 0 atom stereocenters. The topological polar surface area (TPSA) is 24.1 Å². The predicted octanol–water partition coefficient (Wildman–Crippen LogP) is 2.53. The maximum Gasteiger partial charge on any atom is 0.166 e. The normalized spacial score (nSPS) is 26.0. The van der Waals surface area contributed by atoms with E-state index in [4.69, 9.17) is 12.2 Å². The minimum atomic E-state index is 0.602. The average Bonchev–Trinajstić information content (AvgIpc) is 2.27. The van der Waals surface area contributed by atoms with Crippen molar-refractivity contribution in [2.45, 2.75) is 50.3 Å². The van der Waals surface area contributed by atoms with Gasteiger partial charge in [-0.15, -0.1) is 0 Å². The van der Waals surface area contributed by atoms with Gasteiger partial charge in [0, 0.05) is 17.8 Å². The van der Waals surface area contributed by atoms with E-state index in [2.05, 4.69) is 23.8 Å². The highest BCUT2D eigenvalue weighted by Crippen LogP contribution is 2.26. The van der Waals surface area contributed by atoms with Crippen LogP contribution in [0, 0.1) is 0 Å². The lowest BCUT2D eigenvalue weighted by atomic mass is 9.95. The van der Waals surface area contributed by atoms with Gasteiger partial charge in [0.2, 0.25) is 0 Å². The molecule has 1 rings (SSSR count). The summed E-state index contributed by atoms with van der Waals surface area (Å²) in [6.07, 6.45) is 8.52. The van der Waals surface area contributed by atoms with Crippen LogP contribution in [0.1, 0.15) is 39.0 Å². The molecule has 1 aliphatic rings. The van der Waals surface area contributed by atoms with Gasteiger partial charge in [0.1, 0.15) is 0 Å². The molecule has 0 aliphatic heterocycles. The second-order valence-corrected chi connectivity index (χ2v) is 5.66. The van der Waals surface area contributed by atoms with Crippen molar-refractivity contribution in [2.75, 3.05) is 12.8 Å². The van der Waals surface area contributed by atoms with Crippen LogP contribution in [0.3, 0.4) is 0 Å². The molecule has 88 valence electrons. The lowest BCUT2D eigenvalue weighted by Crippen LogP contribution is -2.43. The molecular weight excluding hydrogens is 224 g/mol. The monoisotopic (exact) mass is 246 g/mol. The van der Waals surface area contributed by atoms with Crippen molar-refractivity contribution in [1.82, 2.24) is 10.6 Å². The van der Waals surface area contributed by atoms with E-state index < -0.39 is 0 Å². The van der Waals surface area contributed by atoms with E-state index in [-0.39, 0.29) is 0 Å². The van der Waals surface area contributed by atoms with E-state index in [1.54, 1.807) is 0 Å². The Labute approximate surface area is 103 Å². The first-order valence-electron chi connectivity index (χ1n) is 5.83. The molecule has 0 aromatic heterocycles. The zero-order chi connectivity index (χ0) is 11.1. The van der Waals surface area contributed by atoms with E-state index in [1.165, 1.54) is 25.7 Å².